The molecule has 0 saturated carbocycles. The summed E-state index contributed by atoms with van der Waals surface area (Å²) in [4.78, 5) is 0. The van der Waals surface area contributed by atoms with Gasteiger partial charge in [0.2, 0.25) is 0 Å². The lowest BCUT2D eigenvalue weighted by Gasteiger charge is -2.13. The van der Waals surface area contributed by atoms with Crippen molar-refractivity contribution in [2.24, 2.45) is 0 Å². The third-order valence-corrected chi connectivity index (χ3v) is 5.44. The fraction of sp³-hybridized carbons (Fsp3) is 0.0476. The zero-order valence-corrected chi connectivity index (χ0v) is 18.1. The second kappa shape index (κ2) is 7.96. The Labute approximate surface area is 185 Å². The van der Waals surface area contributed by atoms with Gasteiger partial charge in [-0.2, -0.15) is 13.2 Å². The normalized spacial score (nSPS) is 11.7. The summed E-state index contributed by atoms with van der Waals surface area (Å²) in [6.45, 7) is 0. The van der Waals surface area contributed by atoms with Gasteiger partial charge in [0, 0.05) is 25.8 Å². The van der Waals surface area contributed by atoms with Gasteiger partial charge in [0.1, 0.15) is 5.82 Å². The second-order valence-corrected chi connectivity index (χ2v) is 8.19. The van der Waals surface area contributed by atoms with Crippen molar-refractivity contribution in [3.8, 4) is 28.5 Å². The summed E-state index contributed by atoms with van der Waals surface area (Å²) in [5, 5.41) is 8.35. The lowest BCUT2D eigenvalue weighted by molar-refractivity contribution is -0.139. The first kappa shape index (κ1) is 20.7. The fourth-order valence-corrected chi connectivity index (χ4v) is 3.50. The number of nitrogens with zero attached hydrogens (tertiary/aromatic N) is 3. The molecular formula is C21H11Br2F4N3. The summed E-state index contributed by atoms with van der Waals surface area (Å²) < 4.78 is 56.8. The van der Waals surface area contributed by atoms with Crippen LogP contribution in [0.5, 0.6) is 0 Å². The molecule has 0 atom stereocenters. The Kier molecular flexibility index (Phi) is 5.50. The average molecular weight is 541 g/mol. The van der Waals surface area contributed by atoms with Gasteiger partial charge < -0.3 is 0 Å². The Hall–Kier alpha value is -2.52. The fourth-order valence-electron chi connectivity index (χ4n) is 2.97. The summed E-state index contributed by atoms with van der Waals surface area (Å²) in [5.74, 6) is -0.729. The average Bonchev–Trinajstić information content (AvgIpc) is 3.13. The van der Waals surface area contributed by atoms with Crippen molar-refractivity contribution in [1.29, 1.82) is 0 Å². The van der Waals surface area contributed by atoms with Crippen LogP contribution in [0.15, 0.2) is 75.7 Å². The number of aromatic nitrogens is 3. The van der Waals surface area contributed by atoms with Crippen LogP contribution < -0.4 is 0 Å². The Bertz CT molecular complexity index is 1200. The van der Waals surface area contributed by atoms with Gasteiger partial charge in [-0.1, -0.05) is 44.0 Å². The molecule has 1 heterocycles. The molecule has 0 aliphatic rings. The Balaban J connectivity index is 1.95. The highest BCUT2D eigenvalue weighted by Crippen LogP contribution is 2.35. The first-order chi connectivity index (χ1) is 14.2. The van der Waals surface area contributed by atoms with E-state index in [9.17, 15) is 17.6 Å². The van der Waals surface area contributed by atoms with Gasteiger partial charge in [0.25, 0.3) is 0 Å². The van der Waals surface area contributed by atoms with Crippen molar-refractivity contribution in [2.75, 3.05) is 0 Å². The summed E-state index contributed by atoms with van der Waals surface area (Å²) in [5.41, 5.74) is 0.116. The molecule has 0 saturated heterocycles. The van der Waals surface area contributed by atoms with E-state index in [1.807, 2.05) is 24.3 Å². The summed E-state index contributed by atoms with van der Waals surface area (Å²) in [7, 11) is 0. The van der Waals surface area contributed by atoms with E-state index < -0.39 is 17.6 Å². The van der Waals surface area contributed by atoms with Crippen LogP contribution >= 0.6 is 31.9 Å². The predicted octanol–water partition coefficient (Wildman–Crippen LogP) is 7.28. The molecule has 0 amide bonds. The number of alkyl halides is 3. The minimum absolute atomic E-state index is 0.0995. The van der Waals surface area contributed by atoms with E-state index in [1.165, 1.54) is 6.07 Å². The number of rotatable bonds is 3. The minimum Gasteiger partial charge on any atom is -0.275 e. The van der Waals surface area contributed by atoms with Crippen molar-refractivity contribution in [2.45, 2.75) is 6.18 Å². The van der Waals surface area contributed by atoms with Crippen LogP contribution in [0.4, 0.5) is 17.6 Å². The molecule has 0 aliphatic carbocycles. The molecule has 0 spiro atoms. The SMILES string of the molecule is Fc1ccc(-c2nnc(-c3ccc(Br)cc3)n2-c2ccc(Br)cc2)cc1C(F)(F)F. The Morgan fingerprint density at radius 2 is 1.20 bits per heavy atom. The number of hydrogen-bond acceptors (Lipinski definition) is 2. The molecule has 30 heavy (non-hydrogen) atoms. The van der Waals surface area contributed by atoms with Gasteiger partial charge in [-0.15, -0.1) is 10.2 Å². The van der Waals surface area contributed by atoms with Gasteiger partial charge in [-0.05, 0) is 54.6 Å². The van der Waals surface area contributed by atoms with Crippen LogP contribution in [0.25, 0.3) is 28.5 Å². The van der Waals surface area contributed by atoms with E-state index in [0.717, 1.165) is 26.6 Å². The van der Waals surface area contributed by atoms with Crippen molar-refractivity contribution in [3.63, 3.8) is 0 Å². The standard InChI is InChI=1S/C21H11Br2F4N3/c22-14-4-1-12(2-5-14)19-28-29-20(30(19)16-8-6-15(23)7-9-16)13-3-10-18(24)17(11-13)21(25,26)27/h1-11H. The van der Waals surface area contributed by atoms with Gasteiger partial charge in [0.05, 0.1) is 5.56 Å². The molecule has 0 radical (unpaired) electrons. The smallest absolute Gasteiger partial charge is 0.275 e. The molecule has 4 rings (SSSR count). The first-order valence-electron chi connectivity index (χ1n) is 8.58. The van der Waals surface area contributed by atoms with E-state index in [4.69, 9.17) is 0 Å². The lowest BCUT2D eigenvalue weighted by Crippen LogP contribution is -2.09. The summed E-state index contributed by atoms with van der Waals surface area (Å²) in [6, 6.07) is 17.3. The molecule has 0 bridgehead atoms. The Morgan fingerprint density at radius 3 is 1.77 bits per heavy atom. The van der Waals surface area contributed by atoms with Gasteiger partial charge in [0.15, 0.2) is 11.6 Å². The van der Waals surface area contributed by atoms with E-state index in [0.29, 0.717) is 11.5 Å². The van der Waals surface area contributed by atoms with Gasteiger partial charge >= 0.3 is 6.18 Å². The molecule has 9 heteroatoms. The zero-order chi connectivity index (χ0) is 21.5. The largest absolute Gasteiger partial charge is 0.419 e. The Morgan fingerprint density at radius 1 is 0.700 bits per heavy atom. The van der Waals surface area contributed by atoms with Crippen molar-refractivity contribution in [1.82, 2.24) is 14.8 Å². The van der Waals surface area contributed by atoms with E-state index in [-0.39, 0.29) is 11.4 Å². The van der Waals surface area contributed by atoms with Crippen molar-refractivity contribution in [3.05, 3.63) is 87.1 Å². The maximum absolute atomic E-state index is 13.8. The quantitative estimate of drug-likeness (QED) is 0.255. The van der Waals surface area contributed by atoms with Gasteiger partial charge in [-0.3, -0.25) is 4.57 Å². The highest BCUT2D eigenvalue weighted by molar-refractivity contribution is 9.10. The predicted molar refractivity (Wildman–Crippen MR) is 113 cm³/mol. The summed E-state index contributed by atoms with van der Waals surface area (Å²) in [6.07, 6.45) is -4.82. The molecule has 3 nitrogen and oxygen atoms in total. The van der Waals surface area contributed by atoms with Gasteiger partial charge in [-0.25, -0.2) is 4.39 Å². The van der Waals surface area contributed by atoms with Crippen LogP contribution in [-0.4, -0.2) is 14.8 Å². The molecular weight excluding hydrogens is 530 g/mol. The minimum atomic E-state index is -4.82. The maximum atomic E-state index is 13.8. The topological polar surface area (TPSA) is 30.7 Å². The lowest BCUT2D eigenvalue weighted by atomic mass is 10.1. The number of benzene rings is 3. The molecule has 0 fully saturated rings. The van der Waals surface area contributed by atoms with E-state index in [2.05, 4.69) is 42.1 Å². The maximum Gasteiger partial charge on any atom is 0.419 e. The summed E-state index contributed by atoms with van der Waals surface area (Å²) >= 11 is 6.75. The zero-order valence-electron chi connectivity index (χ0n) is 15.0. The van der Waals surface area contributed by atoms with Crippen LogP contribution in [-0.2, 0) is 6.18 Å². The van der Waals surface area contributed by atoms with Crippen LogP contribution in [0.3, 0.4) is 0 Å². The molecule has 0 N–H and O–H groups in total. The highest BCUT2D eigenvalue weighted by atomic mass is 79.9. The van der Waals surface area contributed by atoms with Crippen LogP contribution in [0.2, 0.25) is 0 Å². The molecule has 1 aromatic heterocycles. The number of halogens is 6. The third-order valence-electron chi connectivity index (χ3n) is 4.38. The molecule has 0 unspecified atom stereocenters. The van der Waals surface area contributed by atoms with Crippen molar-refractivity contribution < 1.29 is 17.6 Å². The highest BCUT2D eigenvalue weighted by Gasteiger charge is 2.34. The van der Waals surface area contributed by atoms with Crippen molar-refractivity contribution >= 4 is 31.9 Å². The van der Waals surface area contributed by atoms with E-state index >= 15 is 0 Å². The van der Waals surface area contributed by atoms with Crippen LogP contribution in [0, 0.1) is 5.82 Å². The monoisotopic (exact) mass is 539 g/mol. The first-order valence-corrected chi connectivity index (χ1v) is 10.2. The van der Waals surface area contributed by atoms with Crippen LogP contribution in [0.1, 0.15) is 5.56 Å². The molecule has 4 aromatic rings. The van der Waals surface area contributed by atoms with E-state index in [1.54, 1.807) is 28.8 Å². The second-order valence-electron chi connectivity index (χ2n) is 6.36. The third kappa shape index (κ3) is 4.04. The molecule has 0 aliphatic heterocycles. The number of hydrogen-bond donors (Lipinski definition) is 0. The molecule has 3 aromatic carbocycles. The molecule has 152 valence electrons.